The summed E-state index contributed by atoms with van der Waals surface area (Å²) in [5, 5.41) is 4.04. The van der Waals surface area contributed by atoms with E-state index in [0.717, 1.165) is 32.9 Å². The van der Waals surface area contributed by atoms with Crippen molar-refractivity contribution < 1.29 is 14.3 Å². The van der Waals surface area contributed by atoms with Crippen molar-refractivity contribution in [1.82, 2.24) is 4.98 Å². The van der Waals surface area contributed by atoms with Gasteiger partial charge in [-0.1, -0.05) is 13.0 Å². The van der Waals surface area contributed by atoms with Crippen molar-refractivity contribution in [3.05, 3.63) is 47.0 Å². The molecule has 130 valence electrons. The van der Waals surface area contributed by atoms with Gasteiger partial charge in [-0.05, 0) is 42.3 Å². The van der Waals surface area contributed by atoms with Crippen LogP contribution in [0.1, 0.15) is 17.5 Å². The fraction of sp³-hybridized carbons (Fsp3) is 0.263. The van der Waals surface area contributed by atoms with Gasteiger partial charge in [-0.2, -0.15) is 0 Å². The molecule has 3 aromatic rings. The van der Waals surface area contributed by atoms with Gasteiger partial charge < -0.3 is 14.8 Å². The van der Waals surface area contributed by atoms with Gasteiger partial charge in [0.15, 0.2) is 11.5 Å². The highest BCUT2D eigenvalue weighted by molar-refractivity contribution is 7.18. The summed E-state index contributed by atoms with van der Waals surface area (Å²) in [5.41, 5.74) is 2.62. The van der Waals surface area contributed by atoms with Gasteiger partial charge in [0.2, 0.25) is 5.91 Å². The van der Waals surface area contributed by atoms with Gasteiger partial charge in [0, 0.05) is 5.69 Å². The molecule has 25 heavy (non-hydrogen) atoms. The van der Waals surface area contributed by atoms with E-state index in [1.54, 1.807) is 31.6 Å². The number of ether oxygens (including phenoxy) is 2. The molecule has 5 nitrogen and oxygen atoms in total. The number of rotatable bonds is 6. The lowest BCUT2D eigenvalue weighted by Crippen LogP contribution is -2.14. The van der Waals surface area contributed by atoms with E-state index < -0.39 is 0 Å². The lowest BCUT2D eigenvalue weighted by molar-refractivity contribution is -0.115. The van der Waals surface area contributed by atoms with Crippen LogP contribution in [0.2, 0.25) is 0 Å². The number of methoxy groups -OCH3 is 2. The van der Waals surface area contributed by atoms with Gasteiger partial charge in [0.05, 0.1) is 35.9 Å². The normalized spacial score (nSPS) is 10.7. The molecular weight excluding hydrogens is 336 g/mol. The molecule has 0 fully saturated rings. The van der Waals surface area contributed by atoms with Gasteiger partial charge in [0.25, 0.3) is 0 Å². The largest absolute Gasteiger partial charge is 0.493 e. The Balaban J connectivity index is 1.72. The quantitative estimate of drug-likeness (QED) is 0.724. The van der Waals surface area contributed by atoms with Crippen molar-refractivity contribution in [2.24, 2.45) is 0 Å². The van der Waals surface area contributed by atoms with Crippen LogP contribution in [0, 0.1) is 0 Å². The predicted octanol–water partition coefficient (Wildman–Crippen LogP) is 4.06. The number of fused-ring (bicyclic) bond motifs is 1. The fourth-order valence-electron chi connectivity index (χ4n) is 2.58. The molecule has 0 atom stereocenters. The number of carbonyl (C=O) groups is 1. The summed E-state index contributed by atoms with van der Waals surface area (Å²) in [6, 6.07) is 11.3. The zero-order chi connectivity index (χ0) is 17.8. The van der Waals surface area contributed by atoms with Crippen LogP contribution in [0.25, 0.3) is 10.2 Å². The summed E-state index contributed by atoms with van der Waals surface area (Å²) in [7, 11) is 3.17. The molecule has 0 aliphatic carbocycles. The summed E-state index contributed by atoms with van der Waals surface area (Å²) < 4.78 is 11.6. The molecule has 0 aliphatic heterocycles. The maximum atomic E-state index is 12.3. The van der Waals surface area contributed by atoms with Crippen molar-refractivity contribution in [1.29, 1.82) is 0 Å². The number of carbonyl (C=O) groups excluding carboxylic acids is 1. The zero-order valence-electron chi connectivity index (χ0n) is 14.5. The maximum Gasteiger partial charge on any atom is 0.228 e. The molecule has 3 rings (SSSR count). The zero-order valence-corrected chi connectivity index (χ0v) is 15.3. The van der Waals surface area contributed by atoms with Crippen molar-refractivity contribution in [3.63, 3.8) is 0 Å². The first-order chi connectivity index (χ1) is 12.1. The van der Waals surface area contributed by atoms with Crippen LogP contribution >= 0.6 is 11.3 Å². The fourth-order valence-corrected chi connectivity index (χ4v) is 3.53. The molecule has 2 aromatic carbocycles. The lowest BCUT2D eigenvalue weighted by Gasteiger charge is -2.10. The molecule has 0 saturated heterocycles. The summed E-state index contributed by atoms with van der Waals surface area (Å²) in [6.45, 7) is 2.09. The molecule has 1 amide bonds. The second-order valence-electron chi connectivity index (χ2n) is 5.56. The molecule has 6 heteroatoms. The number of thiazole rings is 1. The smallest absolute Gasteiger partial charge is 0.228 e. The molecule has 0 saturated carbocycles. The van der Waals surface area contributed by atoms with E-state index >= 15 is 0 Å². The predicted molar refractivity (Wildman–Crippen MR) is 101 cm³/mol. The van der Waals surface area contributed by atoms with Crippen LogP contribution in [-0.2, 0) is 17.6 Å². The van der Waals surface area contributed by atoms with Crippen molar-refractivity contribution in [3.8, 4) is 11.5 Å². The Morgan fingerprint density at radius 2 is 1.92 bits per heavy atom. The van der Waals surface area contributed by atoms with Gasteiger partial charge in [-0.15, -0.1) is 11.3 Å². The molecule has 0 aliphatic rings. The molecule has 0 bridgehead atoms. The number of amides is 1. The van der Waals surface area contributed by atoms with E-state index in [0.29, 0.717) is 11.5 Å². The third-order valence-corrected chi connectivity index (χ3v) is 4.99. The maximum absolute atomic E-state index is 12.3. The Morgan fingerprint density at radius 1 is 1.12 bits per heavy atom. The van der Waals surface area contributed by atoms with E-state index in [2.05, 4.69) is 17.2 Å². The topological polar surface area (TPSA) is 60.5 Å². The highest BCUT2D eigenvalue weighted by Gasteiger charge is 2.10. The summed E-state index contributed by atoms with van der Waals surface area (Å²) >= 11 is 1.66. The van der Waals surface area contributed by atoms with Crippen molar-refractivity contribution in [2.75, 3.05) is 19.5 Å². The van der Waals surface area contributed by atoms with Crippen LogP contribution in [0.3, 0.4) is 0 Å². The minimum absolute atomic E-state index is 0.0770. The van der Waals surface area contributed by atoms with Gasteiger partial charge in [-0.25, -0.2) is 4.98 Å². The number of hydrogen-bond acceptors (Lipinski definition) is 5. The Hall–Kier alpha value is -2.60. The summed E-state index contributed by atoms with van der Waals surface area (Å²) in [4.78, 5) is 16.9. The number of aryl methyl sites for hydroxylation is 1. The Labute approximate surface area is 150 Å². The first-order valence-electron chi connectivity index (χ1n) is 8.03. The summed E-state index contributed by atoms with van der Waals surface area (Å²) in [5.74, 6) is 1.19. The average molecular weight is 356 g/mol. The molecule has 1 N–H and O–H groups in total. The van der Waals surface area contributed by atoms with Gasteiger partial charge in [-0.3, -0.25) is 4.79 Å². The van der Waals surface area contributed by atoms with E-state index in [9.17, 15) is 4.79 Å². The lowest BCUT2D eigenvalue weighted by atomic mass is 10.1. The number of anilines is 1. The molecule has 0 spiro atoms. The monoisotopic (exact) mass is 356 g/mol. The second kappa shape index (κ2) is 7.53. The summed E-state index contributed by atoms with van der Waals surface area (Å²) in [6.07, 6.45) is 1.18. The van der Waals surface area contributed by atoms with Gasteiger partial charge in [0.1, 0.15) is 0 Å². The Morgan fingerprint density at radius 3 is 2.64 bits per heavy atom. The SMILES string of the molecule is CCc1nc2ccc(NC(=O)Cc3ccc(OC)c(OC)c3)cc2s1. The van der Waals surface area contributed by atoms with Crippen LogP contribution in [-0.4, -0.2) is 25.1 Å². The van der Waals surface area contributed by atoms with E-state index in [1.165, 1.54) is 0 Å². The minimum Gasteiger partial charge on any atom is -0.493 e. The highest BCUT2D eigenvalue weighted by atomic mass is 32.1. The first-order valence-corrected chi connectivity index (χ1v) is 8.84. The average Bonchev–Trinajstić information content (AvgIpc) is 3.04. The third-order valence-electron chi connectivity index (χ3n) is 3.83. The van der Waals surface area contributed by atoms with E-state index in [-0.39, 0.29) is 12.3 Å². The number of benzene rings is 2. The number of aromatic nitrogens is 1. The first kappa shape index (κ1) is 17.2. The minimum atomic E-state index is -0.0770. The van der Waals surface area contributed by atoms with E-state index in [4.69, 9.17) is 9.47 Å². The molecule has 0 radical (unpaired) electrons. The van der Waals surface area contributed by atoms with Crippen LogP contribution in [0.5, 0.6) is 11.5 Å². The number of hydrogen-bond donors (Lipinski definition) is 1. The number of nitrogens with zero attached hydrogens (tertiary/aromatic N) is 1. The van der Waals surface area contributed by atoms with Crippen molar-refractivity contribution >= 4 is 33.1 Å². The highest BCUT2D eigenvalue weighted by Crippen LogP contribution is 2.28. The molecule has 0 unspecified atom stereocenters. The molecule has 1 aromatic heterocycles. The number of nitrogens with one attached hydrogen (secondary N) is 1. The Kier molecular flexibility index (Phi) is 5.19. The Bertz CT molecular complexity index is 905. The van der Waals surface area contributed by atoms with E-state index in [1.807, 2.05) is 30.3 Å². The third kappa shape index (κ3) is 3.91. The van der Waals surface area contributed by atoms with Gasteiger partial charge >= 0.3 is 0 Å². The van der Waals surface area contributed by atoms with Crippen LogP contribution in [0.4, 0.5) is 5.69 Å². The van der Waals surface area contributed by atoms with Crippen LogP contribution < -0.4 is 14.8 Å². The molecule has 1 heterocycles. The second-order valence-corrected chi connectivity index (χ2v) is 6.67. The molecular formula is C19H20N2O3S. The van der Waals surface area contributed by atoms with Crippen LogP contribution in [0.15, 0.2) is 36.4 Å². The van der Waals surface area contributed by atoms with Crippen molar-refractivity contribution in [2.45, 2.75) is 19.8 Å². The standard InChI is InChI=1S/C19H20N2O3S/c1-4-19-21-14-7-6-13(11-17(14)25-19)20-18(22)10-12-5-8-15(23-2)16(9-12)24-3/h5-9,11H,4,10H2,1-3H3,(H,20,22).